The molecule has 1 aromatic carbocycles. The Kier molecular flexibility index (Phi) is 7.47. The summed E-state index contributed by atoms with van der Waals surface area (Å²) in [6.07, 6.45) is 2.58. The van der Waals surface area contributed by atoms with Gasteiger partial charge in [-0.05, 0) is 43.9 Å². The van der Waals surface area contributed by atoms with Gasteiger partial charge in [0.25, 0.3) is 5.91 Å². The minimum absolute atomic E-state index is 0.0143. The topological polar surface area (TPSA) is 52.6 Å². The maximum atomic E-state index is 12.1. The second kappa shape index (κ2) is 8.87. The molecule has 0 spiro atoms. The van der Waals surface area contributed by atoms with E-state index in [1.54, 1.807) is 11.8 Å². The summed E-state index contributed by atoms with van der Waals surface area (Å²) in [5, 5.41) is 12.0. The Morgan fingerprint density at radius 1 is 1.40 bits per heavy atom. The molecule has 0 aliphatic heterocycles. The van der Waals surface area contributed by atoms with E-state index < -0.39 is 0 Å². The average molecular weight is 296 g/mol. The molecule has 2 N–H and O–H groups in total. The quantitative estimate of drug-likeness (QED) is 0.770. The van der Waals surface area contributed by atoms with E-state index in [0.29, 0.717) is 12.0 Å². The van der Waals surface area contributed by atoms with E-state index >= 15 is 0 Å². The molecule has 5 heteroatoms. The monoisotopic (exact) mass is 296 g/mol. The number of nitrogens with zero attached hydrogens (tertiary/aromatic N) is 1. The Labute approximate surface area is 125 Å². The Hall–Kier alpha value is -1.20. The zero-order chi connectivity index (χ0) is 15.0. The van der Waals surface area contributed by atoms with Crippen LogP contribution in [-0.4, -0.2) is 49.3 Å². The fourth-order valence-electron chi connectivity index (χ4n) is 1.87. The zero-order valence-corrected chi connectivity index (χ0v) is 13.2. The Bertz CT molecular complexity index is 403. The van der Waals surface area contributed by atoms with Crippen LogP contribution in [0.2, 0.25) is 0 Å². The van der Waals surface area contributed by atoms with Crippen LogP contribution < -0.4 is 10.2 Å². The third-order valence-corrected chi connectivity index (χ3v) is 3.96. The predicted octanol–water partition coefficient (Wildman–Crippen LogP) is 1.99. The van der Waals surface area contributed by atoms with Gasteiger partial charge in [-0.1, -0.05) is 0 Å². The number of amides is 1. The third kappa shape index (κ3) is 5.06. The highest BCUT2D eigenvalue weighted by atomic mass is 32.2. The SMILES string of the molecule is CCN(C)c1ccc(C(=O)NC(CCO)CSC)cc1. The van der Waals surface area contributed by atoms with Gasteiger partial charge in [-0.2, -0.15) is 11.8 Å². The van der Waals surface area contributed by atoms with Crippen LogP contribution in [0.5, 0.6) is 0 Å². The summed E-state index contributed by atoms with van der Waals surface area (Å²) in [6.45, 7) is 3.10. The molecule has 0 saturated carbocycles. The van der Waals surface area contributed by atoms with E-state index in [9.17, 15) is 4.79 Å². The molecule has 0 bridgehead atoms. The van der Waals surface area contributed by atoms with Gasteiger partial charge >= 0.3 is 0 Å². The number of anilines is 1. The van der Waals surface area contributed by atoms with Gasteiger partial charge < -0.3 is 15.3 Å². The van der Waals surface area contributed by atoms with Crippen molar-refractivity contribution < 1.29 is 9.90 Å². The van der Waals surface area contributed by atoms with E-state index in [2.05, 4.69) is 17.1 Å². The highest BCUT2D eigenvalue weighted by molar-refractivity contribution is 7.98. The van der Waals surface area contributed by atoms with E-state index in [4.69, 9.17) is 5.11 Å². The van der Waals surface area contributed by atoms with Crippen LogP contribution in [0.25, 0.3) is 0 Å². The largest absolute Gasteiger partial charge is 0.396 e. The Morgan fingerprint density at radius 2 is 2.05 bits per heavy atom. The van der Waals surface area contributed by atoms with Crippen molar-refractivity contribution in [3.05, 3.63) is 29.8 Å². The first-order valence-corrected chi connectivity index (χ1v) is 8.23. The fourth-order valence-corrected chi connectivity index (χ4v) is 2.53. The molecule has 0 heterocycles. The first kappa shape index (κ1) is 16.9. The minimum Gasteiger partial charge on any atom is -0.396 e. The first-order chi connectivity index (χ1) is 9.62. The number of rotatable bonds is 8. The number of aliphatic hydroxyl groups is 1. The van der Waals surface area contributed by atoms with Gasteiger partial charge in [-0.25, -0.2) is 0 Å². The van der Waals surface area contributed by atoms with Gasteiger partial charge in [0.2, 0.25) is 0 Å². The first-order valence-electron chi connectivity index (χ1n) is 6.84. The summed E-state index contributed by atoms with van der Waals surface area (Å²) in [5.74, 6) is 0.728. The number of carbonyl (C=O) groups excluding carboxylic acids is 1. The van der Waals surface area contributed by atoms with Crippen molar-refractivity contribution in [2.24, 2.45) is 0 Å². The highest BCUT2D eigenvalue weighted by Gasteiger charge is 2.13. The second-order valence-corrected chi connectivity index (χ2v) is 5.61. The van der Waals surface area contributed by atoms with Crippen LogP contribution in [0.1, 0.15) is 23.7 Å². The molecule has 20 heavy (non-hydrogen) atoms. The van der Waals surface area contributed by atoms with Gasteiger partial charge in [0.15, 0.2) is 0 Å². The van der Waals surface area contributed by atoms with Crippen LogP contribution in [0.4, 0.5) is 5.69 Å². The maximum Gasteiger partial charge on any atom is 0.251 e. The van der Waals surface area contributed by atoms with E-state index in [1.165, 1.54) is 0 Å². The van der Waals surface area contributed by atoms with Crippen LogP contribution >= 0.6 is 11.8 Å². The van der Waals surface area contributed by atoms with Crippen molar-refractivity contribution in [3.8, 4) is 0 Å². The molecule has 0 aromatic heterocycles. The number of benzene rings is 1. The predicted molar refractivity (Wildman–Crippen MR) is 86.7 cm³/mol. The summed E-state index contributed by atoms with van der Waals surface area (Å²) >= 11 is 1.66. The van der Waals surface area contributed by atoms with Crippen LogP contribution in [-0.2, 0) is 0 Å². The molecule has 0 aliphatic rings. The molecule has 1 rings (SSSR count). The molecular formula is C15H24N2O2S. The smallest absolute Gasteiger partial charge is 0.251 e. The summed E-state index contributed by atoms with van der Waals surface area (Å²) < 4.78 is 0. The van der Waals surface area contributed by atoms with Crippen LogP contribution in [0.3, 0.4) is 0 Å². The van der Waals surface area contributed by atoms with Gasteiger partial charge in [0, 0.05) is 43.2 Å². The molecule has 1 aromatic rings. The van der Waals surface area contributed by atoms with Gasteiger partial charge in [-0.15, -0.1) is 0 Å². The normalized spacial score (nSPS) is 12.0. The lowest BCUT2D eigenvalue weighted by molar-refractivity contribution is 0.0935. The van der Waals surface area contributed by atoms with Crippen molar-refractivity contribution >= 4 is 23.4 Å². The molecule has 1 unspecified atom stereocenters. The van der Waals surface area contributed by atoms with Crippen LogP contribution in [0, 0.1) is 0 Å². The zero-order valence-electron chi connectivity index (χ0n) is 12.4. The number of thioether (sulfide) groups is 1. The lowest BCUT2D eigenvalue weighted by atomic mass is 10.1. The number of hydrogen-bond acceptors (Lipinski definition) is 4. The Morgan fingerprint density at radius 3 is 2.55 bits per heavy atom. The van der Waals surface area contributed by atoms with Crippen molar-refractivity contribution in [2.45, 2.75) is 19.4 Å². The van der Waals surface area contributed by atoms with Crippen molar-refractivity contribution in [3.63, 3.8) is 0 Å². The van der Waals surface area contributed by atoms with Gasteiger partial charge in [-0.3, -0.25) is 4.79 Å². The summed E-state index contributed by atoms with van der Waals surface area (Å²) in [7, 11) is 2.02. The molecule has 0 fully saturated rings. The van der Waals surface area contributed by atoms with E-state index in [1.807, 2.05) is 37.6 Å². The number of hydrogen-bond donors (Lipinski definition) is 2. The molecule has 0 saturated heterocycles. The highest BCUT2D eigenvalue weighted by Crippen LogP contribution is 2.14. The summed E-state index contributed by atoms with van der Waals surface area (Å²) in [4.78, 5) is 14.3. The molecule has 0 aliphatic carbocycles. The van der Waals surface area contributed by atoms with Crippen LogP contribution in [0.15, 0.2) is 24.3 Å². The lowest BCUT2D eigenvalue weighted by Crippen LogP contribution is -2.37. The molecule has 112 valence electrons. The third-order valence-electron chi connectivity index (χ3n) is 3.23. The second-order valence-electron chi connectivity index (χ2n) is 4.70. The number of nitrogens with one attached hydrogen (secondary N) is 1. The van der Waals surface area contributed by atoms with E-state index in [0.717, 1.165) is 18.0 Å². The van der Waals surface area contributed by atoms with Gasteiger partial charge in [0.05, 0.1) is 0 Å². The molecule has 1 amide bonds. The lowest BCUT2D eigenvalue weighted by Gasteiger charge is -2.18. The molecule has 0 radical (unpaired) electrons. The molecular weight excluding hydrogens is 272 g/mol. The van der Waals surface area contributed by atoms with Crippen molar-refractivity contribution in [1.29, 1.82) is 0 Å². The standard InChI is InChI=1S/C15H24N2O2S/c1-4-17(2)14-7-5-12(6-8-14)15(19)16-13(9-10-18)11-20-3/h5-8,13,18H,4,9-11H2,1-3H3,(H,16,19). The van der Waals surface area contributed by atoms with Gasteiger partial charge in [0.1, 0.15) is 0 Å². The minimum atomic E-state index is -0.0804. The fraction of sp³-hybridized carbons (Fsp3) is 0.533. The molecule has 4 nitrogen and oxygen atoms in total. The Balaban J connectivity index is 2.66. The average Bonchev–Trinajstić information content (AvgIpc) is 2.47. The van der Waals surface area contributed by atoms with Crippen molar-refractivity contribution in [2.75, 3.05) is 37.1 Å². The summed E-state index contributed by atoms with van der Waals surface area (Å²) in [6, 6.07) is 7.60. The number of carbonyl (C=O) groups is 1. The number of aliphatic hydroxyl groups excluding tert-OH is 1. The summed E-state index contributed by atoms with van der Waals surface area (Å²) in [5.41, 5.74) is 1.75. The van der Waals surface area contributed by atoms with E-state index in [-0.39, 0.29) is 18.6 Å². The maximum absolute atomic E-state index is 12.1. The molecule has 1 atom stereocenters. The van der Waals surface area contributed by atoms with Crippen molar-refractivity contribution in [1.82, 2.24) is 5.32 Å².